The first-order chi connectivity index (χ1) is 15.6. The SMILES string of the molecule is O=C(N[C@H](Cc1ccccc1)C(=O)O)OCc1ccc(OCCCc2ccccc2)cc1. The van der Waals surface area contributed by atoms with Crippen molar-refractivity contribution < 1.29 is 24.2 Å². The lowest BCUT2D eigenvalue weighted by Gasteiger charge is -2.15. The molecular formula is C26H27NO5. The zero-order chi connectivity index (χ0) is 22.6. The lowest BCUT2D eigenvalue weighted by atomic mass is 10.1. The van der Waals surface area contributed by atoms with Gasteiger partial charge in [-0.15, -0.1) is 0 Å². The number of benzene rings is 3. The quantitative estimate of drug-likeness (QED) is 0.431. The number of carbonyl (C=O) groups excluding carboxylic acids is 1. The maximum absolute atomic E-state index is 12.1. The van der Waals surface area contributed by atoms with E-state index in [0.717, 1.165) is 29.7 Å². The third-order valence-corrected chi connectivity index (χ3v) is 4.89. The monoisotopic (exact) mass is 433 g/mol. The van der Waals surface area contributed by atoms with Crippen molar-refractivity contribution in [2.24, 2.45) is 0 Å². The van der Waals surface area contributed by atoms with E-state index < -0.39 is 18.1 Å². The summed E-state index contributed by atoms with van der Waals surface area (Å²) in [6, 6.07) is 25.6. The molecule has 32 heavy (non-hydrogen) atoms. The van der Waals surface area contributed by atoms with Crippen molar-refractivity contribution in [1.82, 2.24) is 5.32 Å². The highest BCUT2D eigenvalue weighted by molar-refractivity contribution is 5.80. The Labute approximate surface area is 187 Å². The van der Waals surface area contributed by atoms with Gasteiger partial charge in [-0.25, -0.2) is 9.59 Å². The van der Waals surface area contributed by atoms with Crippen LogP contribution in [0.25, 0.3) is 0 Å². The first-order valence-corrected chi connectivity index (χ1v) is 10.6. The predicted molar refractivity (Wildman–Crippen MR) is 122 cm³/mol. The van der Waals surface area contributed by atoms with E-state index in [1.807, 2.05) is 72.8 Å². The fourth-order valence-electron chi connectivity index (χ4n) is 3.18. The predicted octanol–water partition coefficient (Wildman–Crippen LogP) is 4.62. The smallest absolute Gasteiger partial charge is 0.408 e. The second-order valence-electron chi connectivity index (χ2n) is 7.38. The highest BCUT2D eigenvalue weighted by Gasteiger charge is 2.21. The Balaban J connectivity index is 1.39. The number of amides is 1. The van der Waals surface area contributed by atoms with Crippen LogP contribution in [0.3, 0.4) is 0 Å². The fraction of sp³-hybridized carbons (Fsp3) is 0.231. The molecule has 3 rings (SSSR count). The lowest BCUT2D eigenvalue weighted by molar-refractivity contribution is -0.139. The summed E-state index contributed by atoms with van der Waals surface area (Å²) in [6.45, 7) is 0.656. The van der Waals surface area contributed by atoms with Crippen LogP contribution in [-0.4, -0.2) is 29.8 Å². The molecule has 3 aromatic carbocycles. The van der Waals surface area contributed by atoms with Gasteiger partial charge in [-0.05, 0) is 41.7 Å². The number of carbonyl (C=O) groups is 2. The van der Waals surface area contributed by atoms with E-state index in [9.17, 15) is 14.7 Å². The number of carboxylic acids is 1. The van der Waals surface area contributed by atoms with E-state index in [2.05, 4.69) is 17.4 Å². The van der Waals surface area contributed by atoms with Crippen LogP contribution in [0.2, 0.25) is 0 Å². The van der Waals surface area contributed by atoms with Gasteiger partial charge in [0.1, 0.15) is 18.4 Å². The van der Waals surface area contributed by atoms with Crippen molar-refractivity contribution in [3.8, 4) is 5.75 Å². The summed E-state index contributed by atoms with van der Waals surface area (Å²) in [6.07, 6.45) is 1.29. The molecule has 0 fully saturated rings. The van der Waals surface area contributed by atoms with Gasteiger partial charge in [0.25, 0.3) is 0 Å². The number of hydrogen-bond acceptors (Lipinski definition) is 4. The third kappa shape index (κ3) is 7.80. The zero-order valence-electron chi connectivity index (χ0n) is 17.8. The second kappa shape index (κ2) is 12.2. The van der Waals surface area contributed by atoms with Crippen LogP contribution in [-0.2, 0) is 29.0 Å². The third-order valence-electron chi connectivity index (χ3n) is 4.89. The highest BCUT2D eigenvalue weighted by Crippen LogP contribution is 2.14. The maximum atomic E-state index is 12.1. The van der Waals surface area contributed by atoms with Gasteiger partial charge in [0.2, 0.25) is 0 Å². The van der Waals surface area contributed by atoms with Crippen LogP contribution in [0, 0.1) is 0 Å². The summed E-state index contributed by atoms with van der Waals surface area (Å²) in [5.41, 5.74) is 2.89. The molecule has 0 heterocycles. The molecule has 1 atom stereocenters. The van der Waals surface area contributed by atoms with Crippen molar-refractivity contribution in [1.29, 1.82) is 0 Å². The van der Waals surface area contributed by atoms with Crippen LogP contribution in [0.4, 0.5) is 4.79 Å². The molecule has 0 aliphatic carbocycles. The fourth-order valence-corrected chi connectivity index (χ4v) is 3.18. The number of alkyl carbamates (subject to hydrolysis) is 1. The van der Waals surface area contributed by atoms with Gasteiger partial charge in [-0.3, -0.25) is 0 Å². The van der Waals surface area contributed by atoms with Crippen molar-refractivity contribution in [3.63, 3.8) is 0 Å². The number of rotatable bonds is 11. The molecule has 0 aromatic heterocycles. The first-order valence-electron chi connectivity index (χ1n) is 10.6. The number of hydrogen-bond donors (Lipinski definition) is 2. The van der Waals surface area contributed by atoms with E-state index in [1.165, 1.54) is 5.56 Å². The Kier molecular flexibility index (Phi) is 8.69. The van der Waals surface area contributed by atoms with E-state index in [0.29, 0.717) is 6.61 Å². The van der Waals surface area contributed by atoms with Gasteiger partial charge in [-0.1, -0.05) is 72.8 Å². The summed E-state index contributed by atoms with van der Waals surface area (Å²) < 4.78 is 10.9. The summed E-state index contributed by atoms with van der Waals surface area (Å²) in [7, 11) is 0. The number of nitrogens with one attached hydrogen (secondary N) is 1. The molecule has 2 N–H and O–H groups in total. The molecule has 166 valence electrons. The van der Waals surface area contributed by atoms with Crippen LogP contribution < -0.4 is 10.1 Å². The molecule has 0 unspecified atom stereocenters. The number of aliphatic carboxylic acids is 1. The molecule has 3 aromatic rings. The normalized spacial score (nSPS) is 11.4. The van der Waals surface area contributed by atoms with Gasteiger partial charge < -0.3 is 19.9 Å². The first kappa shape index (κ1) is 22.9. The number of aryl methyl sites for hydroxylation is 1. The van der Waals surface area contributed by atoms with Gasteiger partial charge in [0.05, 0.1) is 6.61 Å². The van der Waals surface area contributed by atoms with Crippen molar-refractivity contribution in [3.05, 3.63) is 102 Å². The minimum atomic E-state index is -1.11. The van der Waals surface area contributed by atoms with Gasteiger partial charge in [0, 0.05) is 6.42 Å². The van der Waals surface area contributed by atoms with Crippen LogP contribution >= 0.6 is 0 Å². The van der Waals surface area contributed by atoms with Gasteiger partial charge in [-0.2, -0.15) is 0 Å². The summed E-state index contributed by atoms with van der Waals surface area (Å²) >= 11 is 0. The van der Waals surface area contributed by atoms with Crippen molar-refractivity contribution in [2.45, 2.75) is 31.9 Å². The Hall–Kier alpha value is -3.80. The molecule has 0 spiro atoms. The second-order valence-corrected chi connectivity index (χ2v) is 7.38. The molecule has 0 saturated heterocycles. The average Bonchev–Trinajstić information content (AvgIpc) is 2.82. The van der Waals surface area contributed by atoms with Crippen LogP contribution in [0.5, 0.6) is 5.75 Å². The Morgan fingerprint density at radius 3 is 2.06 bits per heavy atom. The standard InChI is InChI=1S/C26H27NO5/c28-25(29)24(18-21-10-5-2-6-11-21)27-26(30)32-19-22-13-15-23(16-14-22)31-17-7-12-20-8-3-1-4-9-20/h1-6,8-11,13-16,24H,7,12,17-19H2,(H,27,30)(H,28,29)/t24-/m1/s1. The topological polar surface area (TPSA) is 84.9 Å². The number of ether oxygens (including phenoxy) is 2. The Morgan fingerprint density at radius 1 is 0.812 bits per heavy atom. The van der Waals surface area contributed by atoms with Crippen molar-refractivity contribution >= 4 is 12.1 Å². The molecule has 0 saturated carbocycles. The van der Waals surface area contributed by atoms with E-state index in [4.69, 9.17) is 9.47 Å². The summed E-state index contributed by atoms with van der Waals surface area (Å²) in [4.78, 5) is 23.5. The van der Waals surface area contributed by atoms with Crippen LogP contribution in [0.1, 0.15) is 23.1 Å². The highest BCUT2D eigenvalue weighted by atomic mass is 16.5. The number of carboxylic acid groups (broad SMARTS) is 1. The zero-order valence-corrected chi connectivity index (χ0v) is 17.8. The van der Waals surface area contributed by atoms with Crippen LogP contribution in [0.15, 0.2) is 84.9 Å². The van der Waals surface area contributed by atoms with Gasteiger partial charge >= 0.3 is 12.1 Å². The average molecular weight is 434 g/mol. The van der Waals surface area contributed by atoms with Gasteiger partial charge in [0.15, 0.2) is 0 Å². The lowest BCUT2D eigenvalue weighted by Crippen LogP contribution is -2.42. The molecule has 0 bridgehead atoms. The maximum Gasteiger partial charge on any atom is 0.408 e. The Morgan fingerprint density at radius 2 is 1.44 bits per heavy atom. The minimum absolute atomic E-state index is 0.0395. The van der Waals surface area contributed by atoms with E-state index in [1.54, 1.807) is 0 Å². The molecular weight excluding hydrogens is 406 g/mol. The largest absolute Gasteiger partial charge is 0.494 e. The molecule has 0 aliphatic heterocycles. The molecule has 1 amide bonds. The minimum Gasteiger partial charge on any atom is -0.494 e. The Bertz CT molecular complexity index is 974. The summed E-state index contributed by atoms with van der Waals surface area (Å²) in [5.74, 6) is -0.361. The molecule has 6 nitrogen and oxygen atoms in total. The molecule has 6 heteroatoms. The molecule has 0 aliphatic rings. The van der Waals surface area contributed by atoms with E-state index >= 15 is 0 Å². The summed E-state index contributed by atoms with van der Waals surface area (Å²) in [5, 5.41) is 11.8. The van der Waals surface area contributed by atoms with Crippen molar-refractivity contribution in [2.75, 3.05) is 6.61 Å². The van der Waals surface area contributed by atoms with E-state index in [-0.39, 0.29) is 13.0 Å². The molecule has 0 radical (unpaired) electrons.